The highest BCUT2D eigenvalue weighted by Gasteiger charge is 2.39. The average molecular weight is 505 g/mol. The Hall–Kier alpha value is -1.78. The Labute approximate surface area is 196 Å². The second-order valence-electron chi connectivity index (χ2n) is 10.2. The van der Waals surface area contributed by atoms with Crippen LogP contribution in [0.1, 0.15) is 64.8 Å². The van der Waals surface area contributed by atoms with Crippen LogP contribution in [0.4, 0.5) is 13.2 Å². The summed E-state index contributed by atoms with van der Waals surface area (Å²) in [5.74, 6) is 0.115. The summed E-state index contributed by atoms with van der Waals surface area (Å²) in [5, 5.41) is -0.246. The van der Waals surface area contributed by atoms with Gasteiger partial charge in [-0.15, -0.1) is 0 Å². The summed E-state index contributed by atoms with van der Waals surface area (Å²) in [4.78, 5) is 25.9. The van der Waals surface area contributed by atoms with Crippen molar-refractivity contribution >= 4 is 18.7 Å². The van der Waals surface area contributed by atoms with Crippen LogP contribution >= 0.6 is 7.82 Å². The van der Waals surface area contributed by atoms with Crippen molar-refractivity contribution in [1.82, 2.24) is 9.97 Å². The Kier molecular flexibility index (Phi) is 7.38. The number of hydrogen-bond donors (Lipinski definition) is 3. The first-order chi connectivity index (χ1) is 15.5. The number of phosphoric ester groups is 1. The maximum Gasteiger partial charge on any atom is 0.469 e. The van der Waals surface area contributed by atoms with Crippen molar-refractivity contribution in [2.75, 3.05) is 6.61 Å². The minimum Gasteiger partial charge on any atom is -0.490 e. The van der Waals surface area contributed by atoms with Gasteiger partial charge in [0.2, 0.25) is 0 Å². The smallest absolute Gasteiger partial charge is 0.469 e. The minimum atomic E-state index is -4.80. The van der Waals surface area contributed by atoms with E-state index in [4.69, 9.17) is 20.3 Å². The number of nitrogens with two attached hydrogens (primary N) is 1. The normalized spacial score (nSPS) is 21.9. The highest BCUT2D eigenvalue weighted by Crippen LogP contribution is 2.44. The molecule has 12 heteroatoms. The number of nitrogens with zero attached hydrogens (tertiary/aromatic N) is 2. The minimum absolute atomic E-state index is 0.0195. The van der Waals surface area contributed by atoms with Crippen LogP contribution in [0.2, 0.25) is 0 Å². The zero-order chi connectivity index (χ0) is 25.5. The number of rotatable bonds is 6. The third-order valence-electron chi connectivity index (χ3n) is 6.25. The van der Waals surface area contributed by atoms with Crippen LogP contribution in [0, 0.1) is 11.3 Å². The molecule has 1 atom stereocenters. The van der Waals surface area contributed by atoms with Gasteiger partial charge in [0.1, 0.15) is 11.3 Å². The summed E-state index contributed by atoms with van der Waals surface area (Å²) in [6.07, 6.45) is -0.878. The predicted octanol–water partition coefficient (Wildman–Crippen LogP) is 4.92. The summed E-state index contributed by atoms with van der Waals surface area (Å²) in [6, 6.07) is 2.64. The molecule has 1 aliphatic rings. The van der Waals surface area contributed by atoms with Crippen LogP contribution in [-0.4, -0.2) is 32.5 Å². The fourth-order valence-electron chi connectivity index (χ4n) is 4.26. The van der Waals surface area contributed by atoms with E-state index in [-0.39, 0.29) is 34.0 Å². The second-order valence-corrected chi connectivity index (χ2v) is 11.4. The molecule has 0 saturated heterocycles. The van der Waals surface area contributed by atoms with Crippen LogP contribution in [0.3, 0.4) is 0 Å². The molecule has 0 amide bonds. The molecule has 3 rings (SSSR count). The van der Waals surface area contributed by atoms with Crippen LogP contribution in [0.5, 0.6) is 5.75 Å². The van der Waals surface area contributed by atoms with E-state index in [1.165, 1.54) is 19.1 Å². The fourth-order valence-corrected chi connectivity index (χ4v) is 4.70. The lowest BCUT2D eigenvalue weighted by Gasteiger charge is -2.37. The molecule has 4 N–H and O–H groups in total. The molecular weight excluding hydrogens is 474 g/mol. The molecule has 1 aromatic heterocycles. The predicted molar refractivity (Wildman–Crippen MR) is 120 cm³/mol. The van der Waals surface area contributed by atoms with Gasteiger partial charge in [0.15, 0.2) is 5.82 Å². The highest BCUT2D eigenvalue weighted by atomic mass is 31.2. The van der Waals surface area contributed by atoms with Gasteiger partial charge in [-0.1, -0.05) is 20.8 Å². The van der Waals surface area contributed by atoms with E-state index in [0.29, 0.717) is 18.8 Å². The van der Waals surface area contributed by atoms with Crippen LogP contribution in [0.15, 0.2) is 18.3 Å². The van der Waals surface area contributed by atoms with Gasteiger partial charge in [-0.2, -0.15) is 13.2 Å². The standard InChI is InChI=1S/C22H31F3N3O5P/c1-20(2,3)13-5-7-14(8-6-13)33-17-10-9-16-15(18(17)22(23,24)25)11-27-19(28-16)21(4,26)12-32-34(29,30)31/h9-11,13-14H,5-8,12,26H2,1-4H3,(H2,29,30,31)/t13-,14-,21-/m0/s1. The molecule has 1 fully saturated rings. The molecule has 0 aliphatic heterocycles. The van der Waals surface area contributed by atoms with E-state index in [2.05, 4.69) is 35.3 Å². The Morgan fingerprint density at radius 1 is 1.12 bits per heavy atom. The Morgan fingerprint density at radius 2 is 1.74 bits per heavy atom. The van der Waals surface area contributed by atoms with Crippen molar-refractivity contribution < 1.29 is 36.8 Å². The first kappa shape index (κ1) is 26.8. The molecule has 1 aliphatic carbocycles. The lowest BCUT2D eigenvalue weighted by Crippen LogP contribution is -2.39. The number of benzene rings is 1. The second kappa shape index (κ2) is 9.35. The summed E-state index contributed by atoms with van der Waals surface area (Å²) in [5.41, 5.74) is 3.64. The van der Waals surface area contributed by atoms with Gasteiger partial charge in [-0.3, -0.25) is 4.52 Å². The number of fused-ring (bicyclic) bond motifs is 1. The number of hydrogen-bond acceptors (Lipinski definition) is 6. The van der Waals surface area contributed by atoms with E-state index >= 15 is 0 Å². The summed E-state index contributed by atoms with van der Waals surface area (Å²) in [6.45, 7) is 7.24. The molecule has 8 nitrogen and oxygen atoms in total. The molecule has 1 heterocycles. The van der Waals surface area contributed by atoms with E-state index in [0.717, 1.165) is 19.0 Å². The zero-order valence-electron chi connectivity index (χ0n) is 19.6. The summed E-state index contributed by atoms with van der Waals surface area (Å²) >= 11 is 0. The van der Waals surface area contributed by atoms with Gasteiger partial charge in [-0.25, -0.2) is 14.5 Å². The molecule has 2 aromatic rings. The van der Waals surface area contributed by atoms with Crippen LogP contribution in [-0.2, 0) is 20.8 Å². The maximum absolute atomic E-state index is 14.1. The molecule has 0 bridgehead atoms. The first-order valence-corrected chi connectivity index (χ1v) is 12.5. The molecule has 190 valence electrons. The van der Waals surface area contributed by atoms with E-state index in [9.17, 15) is 17.7 Å². The fraction of sp³-hybridized carbons (Fsp3) is 0.636. The third kappa shape index (κ3) is 6.46. The Balaban J connectivity index is 1.90. The largest absolute Gasteiger partial charge is 0.490 e. The molecule has 0 spiro atoms. The molecule has 34 heavy (non-hydrogen) atoms. The third-order valence-corrected chi connectivity index (χ3v) is 6.71. The maximum atomic E-state index is 14.1. The number of phosphoric acid groups is 1. The van der Waals surface area contributed by atoms with Gasteiger partial charge in [-0.05, 0) is 56.1 Å². The Morgan fingerprint density at radius 3 is 2.26 bits per heavy atom. The van der Waals surface area contributed by atoms with E-state index in [1.54, 1.807) is 0 Å². The van der Waals surface area contributed by atoms with Crippen molar-refractivity contribution in [2.45, 2.75) is 71.2 Å². The van der Waals surface area contributed by atoms with Crippen molar-refractivity contribution in [2.24, 2.45) is 17.1 Å². The van der Waals surface area contributed by atoms with Crippen molar-refractivity contribution in [3.63, 3.8) is 0 Å². The van der Waals surface area contributed by atoms with E-state index < -0.39 is 31.7 Å². The molecule has 0 radical (unpaired) electrons. The number of ether oxygens (including phenoxy) is 1. The highest BCUT2D eigenvalue weighted by molar-refractivity contribution is 7.46. The van der Waals surface area contributed by atoms with Crippen LogP contribution in [0.25, 0.3) is 10.9 Å². The lowest BCUT2D eigenvalue weighted by molar-refractivity contribution is -0.138. The Bertz CT molecular complexity index is 1070. The zero-order valence-corrected chi connectivity index (χ0v) is 20.5. The number of halogens is 3. The SMILES string of the molecule is CC(C)(C)[C@H]1CC[C@H](Oc2ccc3nc([C@@](C)(N)COP(=O)(O)O)ncc3c2C(F)(F)F)CC1. The first-order valence-electron chi connectivity index (χ1n) is 11.0. The molecule has 1 aromatic carbocycles. The van der Waals surface area contributed by atoms with Crippen molar-refractivity contribution in [3.8, 4) is 5.75 Å². The topological polar surface area (TPSA) is 128 Å². The lowest BCUT2D eigenvalue weighted by atomic mass is 9.72. The van der Waals surface area contributed by atoms with Crippen molar-refractivity contribution in [3.05, 3.63) is 29.7 Å². The number of alkyl halides is 3. The summed E-state index contributed by atoms with van der Waals surface area (Å²) in [7, 11) is -4.80. The molecule has 1 saturated carbocycles. The van der Waals surface area contributed by atoms with Gasteiger partial charge in [0.25, 0.3) is 0 Å². The summed E-state index contributed by atoms with van der Waals surface area (Å²) < 4.78 is 63.5. The molecule has 0 unspecified atom stereocenters. The van der Waals surface area contributed by atoms with Gasteiger partial charge in [0.05, 0.1) is 23.8 Å². The van der Waals surface area contributed by atoms with E-state index in [1.807, 2.05) is 0 Å². The van der Waals surface area contributed by atoms with Crippen LogP contribution < -0.4 is 10.5 Å². The van der Waals surface area contributed by atoms with Crippen molar-refractivity contribution in [1.29, 1.82) is 0 Å². The van der Waals surface area contributed by atoms with Gasteiger partial charge >= 0.3 is 14.0 Å². The average Bonchev–Trinajstić information content (AvgIpc) is 2.70. The van der Waals surface area contributed by atoms with Gasteiger partial charge < -0.3 is 20.3 Å². The molecular formula is C22H31F3N3O5P. The quantitative estimate of drug-likeness (QED) is 0.473. The van der Waals surface area contributed by atoms with Gasteiger partial charge in [0, 0.05) is 11.6 Å². The monoisotopic (exact) mass is 505 g/mol. The number of aromatic nitrogens is 2.